The number of hydrogen-bond donors (Lipinski definition) is 0. The lowest BCUT2D eigenvalue weighted by Crippen LogP contribution is -1.74. The molecule has 62 unspecified atom stereocenters. The molecule has 0 nitrogen and oxygen atoms in total. The van der Waals surface area contributed by atoms with Crippen LogP contribution in [0.1, 0.15) is 0 Å². The van der Waals surface area contributed by atoms with Gasteiger partial charge in [0, 0.05) is 0 Å². The average molecular weight is 3590 g/mol. The minimum absolute atomic E-state index is 0.448. The van der Waals surface area contributed by atoms with Gasteiger partial charge in [0.25, 0.3) is 0 Å². The summed E-state index contributed by atoms with van der Waals surface area (Å²) in [5.74, 6) is 0. The van der Waals surface area contributed by atoms with Crippen molar-refractivity contribution in [3.63, 3.8) is 0 Å². The van der Waals surface area contributed by atoms with Gasteiger partial charge < -0.3 is 0 Å². The molecule has 0 heterocycles. The molecule has 0 bridgehead atoms. The fourth-order valence-corrected chi connectivity index (χ4v) is 1650. The zero-order valence-electron chi connectivity index (χ0n) is 58.4. The van der Waals surface area contributed by atoms with Gasteiger partial charge in [0.1, 0.15) is 0 Å². The van der Waals surface area contributed by atoms with Crippen molar-refractivity contribution >= 4 is 893 Å². The highest BCUT2D eigenvalue weighted by atomic mass is 33.6. The van der Waals surface area contributed by atoms with Gasteiger partial charge in [-0.3, -0.25) is 0 Å². The predicted molar refractivity (Wildman–Crippen MR) is 934 cm³/mol. The molecule has 62 atom stereocenters. The van der Waals surface area contributed by atoms with E-state index in [-0.39, 0.29) is 0 Å². The highest BCUT2D eigenvalue weighted by molar-refractivity contribution is 9.59. The first kappa shape index (κ1) is 158. The SMILES string of the molecule is [2H]P(P(P(P(P(P)P)P(P)P)P(P(P)P)P(P)PP)P(P(P(P(P)P)P(P)P)P(P(P)P)P(P)P)P(P(P(P)P)P(P)P)P(P(P)P)P(P)P)P(P(P(P(P(P)P)P(P)P)P(P(P)P)P(P)P)P(P(P(P)P)P(P)P)P(P(P)P)P(P)P)P(P(P(P(P)P)P(P)P)P(P(P)P)P(P)P)P(P(P(P)P)P(P)P)P(P(P)P)P(P)P. The summed E-state index contributed by atoms with van der Waals surface area (Å²) in [5.41, 5.74) is 0. The average Bonchev–Trinajstić information content (AvgIpc) is 0.712. The summed E-state index contributed by atoms with van der Waals surface area (Å²) in [6.45, 7) is -30.2. The van der Waals surface area contributed by atoms with E-state index in [9.17, 15) is 0 Å². The Hall–Kier alpha value is 48.2. The lowest BCUT2D eigenvalue weighted by Gasteiger charge is -2.62. The van der Waals surface area contributed by atoms with E-state index in [4.69, 9.17) is 0 Å². The van der Waals surface area contributed by atoms with E-state index in [0.717, 1.165) is 7.96 Å². The highest BCUT2D eigenvalue weighted by Crippen LogP contribution is 3.53. The van der Waals surface area contributed by atoms with Crippen LogP contribution in [0.2, 0.25) is 0 Å². The molecule has 0 aromatic rings. The molecule has 674 valence electrons. The summed E-state index contributed by atoms with van der Waals surface area (Å²) in [6, 6.07) is 0. The Kier molecular flexibility index (Phi) is 125. The maximum absolute atomic E-state index is 15.3. The van der Waals surface area contributed by atoms with Crippen LogP contribution < -0.4 is 0 Å². The van der Waals surface area contributed by atoms with E-state index >= 15 is 1.28 Å². The standard InChI is InChI=1S/H114P112/c1-57-86(56)102(85(54)55)103(89(59(2)3)60(4)5)87(104(107(90(61(6)7)62(8)9)91(63(10)11)64(12)13)108(92(65(14)15)66(16)17)93(67(18)19)68(20)21)58-88(105(109(94(69(22)23)70(24)25)95(71(26)27)72(28)29)110(96(73(30)31)74(32)33)97(75(34)35)76(36)37)106(111(98(77(38)39)78(40)41)99(79(42)43)80(44)45)112(100(81(46)47)82(48)49)101(83(50)51)84(52)53/h57-58H,1-56H2/i58D. The van der Waals surface area contributed by atoms with Crippen LogP contribution in [-0.2, 0) is 0 Å². The van der Waals surface area contributed by atoms with Gasteiger partial charge in [-0.25, -0.2) is 0 Å². The predicted octanol–water partition coefficient (Wildman–Crippen LogP) is 65.9. The van der Waals surface area contributed by atoms with Gasteiger partial charge in [-0.1, -0.05) is 7.96 Å². The zero-order valence-corrected chi connectivity index (χ0v) is 172. The van der Waals surface area contributed by atoms with E-state index < -0.39 is 385 Å². The molecule has 0 spiro atoms. The van der Waals surface area contributed by atoms with Crippen molar-refractivity contribution in [2.45, 2.75) is 0 Å². The molecule has 0 rings (SSSR count). The fourth-order valence-electron chi connectivity index (χ4n) is 6.80. The summed E-state index contributed by atoms with van der Waals surface area (Å²) in [7, 11) is 211. The lowest BCUT2D eigenvalue weighted by molar-refractivity contribution is 4.32. The zero-order chi connectivity index (χ0) is 89.5. The second-order valence-electron chi connectivity index (χ2n) is 17.8. The van der Waals surface area contributed by atoms with Crippen molar-refractivity contribution in [2.24, 2.45) is 0 Å². The number of hydrogen-bond acceptors (Lipinski definition) is 0. The van der Waals surface area contributed by atoms with E-state index in [2.05, 4.69) is 500 Å². The molecule has 112 heavy (non-hydrogen) atoms. The molecule has 112 heteroatoms. The van der Waals surface area contributed by atoms with Gasteiger partial charge in [0.2, 0.25) is 0 Å². The molecule has 0 aliphatic heterocycles. The molecule has 0 amide bonds. The quantitative estimate of drug-likeness (QED) is 0.0533. The molecular formula is H114P112. The Balaban J connectivity index is 15.1. The summed E-state index contributed by atoms with van der Waals surface area (Å²) >= 11 is 0. The van der Waals surface area contributed by atoms with Crippen molar-refractivity contribution < 1.29 is 0 Å². The summed E-state index contributed by atoms with van der Waals surface area (Å²) in [4.78, 5) is 0. The third kappa shape index (κ3) is 56.8. The van der Waals surface area contributed by atoms with Crippen LogP contribution in [0.3, 0.4) is 0 Å². The van der Waals surface area contributed by atoms with E-state index in [1.54, 1.807) is 0 Å². The van der Waals surface area contributed by atoms with Gasteiger partial charge in [-0.2, -0.15) is 0 Å². The Labute approximate surface area is 879 Å². The van der Waals surface area contributed by atoms with Crippen LogP contribution in [0.4, 0.5) is 0 Å². The summed E-state index contributed by atoms with van der Waals surface area (Å²) in [6.07, 6.45) is 0. The second kappa shape index (κ2) is 88.5. The molecule has 0 aliphatic carbocycles. The monoisotopic (exact) mass is 3580 g/mol. The van der Waals surface area contributed by atoms with Crippen LogP contribution in [0, 0.1) is 0 Å². The Bertz CT molecular complexity index is 1950. The van der Waals surface area contributed by atoms with Crippen molar-refractivity contribution in [3.8, 4) is 0 Å². The van der Waals surface area contributed by atoms with Gasteiger partial charge in [0.15, 0.2) is 0 Å². The Morgan fingerprint density at radius 1 is 0.116 bits per heavy atom. The van der Waals surface area contributed by atoms with Crippen molar-refractivity contribution in [3.05, 3.63) is 0 Å². The maximum Gasteiger partial charge on any atom is 0.0690 e. The normalized spacial score (nSPS) is 16.2. The van der Waals surface area contributed by atoms with Crippen LogP contribution in [-0.4, -0.2) is 1.28 Å². The third-order valence-corrected chi connectivity index (χ3v) is 802. The van der Waals surface area contributed by atoms with E-state index in [1.807, 2.05) is 0 Å². The molecular weight excluding hydrogens is 3470 g/mol. The highest BCUT2D eigenvalue weighted by Gasteiger charge is 2.65. The van der Waals surface area contributed by atoms with E-state index in [0.29, 0.717) is 0 Å². The van der Waals surface area contributed by atoms with Gasteiger partial charge in [-0.05, 0) is 385 Å². The second-order valence-corrected chi connectivity index (χ2v) is 481. The van der Waals surface area contributed by atoms with Crippen molar-refractivity contribution in [1.82, 2.24) is 0 Å². The molecule has 0 aromatic heterocycles. The Morgan fingerprint density at radius 2 is 0.196 bits per heavy atom. The molecule has 0 radical (unpaired) electrons. The molecule has 0 aromatic carbocycles. The molecule has 0 fully saturated rings. The number of rotatable bonds is 55. The third-order valence-electron chi connectivity index (χ3n) is 9.90. The largest absolute Gasteiger partial charge is 0.109 e. The van der Waals surface area contributed by atoms with Crippen LogP contribution in [0.25, 0.3) is 0 Å². The molecule has 0 saturated heterocycles. The smallest absolute Gasteiger partial charge is 0.0690 e. The van der Waals surface area contributed by atoms with Crippen molar-refractivity contribution in [1.29, 1.82) is 1.28 Å². The lowest BCUT2D eigenvalue weighted by atomic mass is 28.4. The van der Waals surface area contributed by atoms with Gasteiger partial charge in [-0.15, -0.1) is 500 Å². The Morgan fingerprint density at radius 3 is 0.277 bits per heavy atom. The minimum Gasteiger partial charge on any atom is -0.109 e. The first-order valence-corrected chi connectivity index (χ1v) is 230. The maximum atomic E-state index is 15.3. The topological polar surface area (TPSA) is 0 Å². The van der Waals surface area contributed by atoms with Crippen molar-refractivity contribution in [2.75, 3.05) is 0 Å². The molecule has 0 N–H and O–H groups in total. The first-order valence-electron chi connectivity index (χ1n) is 26.0. The fraction of sp³-hybridized carbons (Fsp3) is 0. The first-order chi connectivity index (χ1) is 51.4. The minimum atomic E-state index is -1.42. The van der Waals surface area contributed by atoms with Gasteiger partial charge in [0.05, 0.1) is 1.28 Å². The molecule has 0 saturated carbocycles. The van der Waals surface area contributed by atoms with Crippen LogP contribution >= 0.6 is 893 Å². The molecule has 0 aliphatic rings. The van der Waals surface area contributed by atoms with Crippen LogP contribution in [0.15, 0.2) is 0 Å². The summed E-state index contributed by atoms with van der Waals surface area (Å²) < 4.78 is 15.3. The summed E-state index contributed by atoms with van der Waals surface area (Å²) in [5, 5.41) is 0. The van der Waals surface area contributed by atoms with Gasteiger partial charge >= 0.3 is 0 Å². The van der Waals surface area contributed by atoms with Crippen LogP contribution in [0.5, 0.6) is 0 Å². The van der Waals surface area contributed by atoms with E-state index in [1.165, 1.54) is 0 Å².